The van der Waals surface area contributed by atoms with Crippen LogP contribution in [0.3, 0.4) is 0 Å². The number of aromatic hydroxyl groups is 1. The summed E-state index contributed by atoms with van der Waals surface area (Å²) in [5, 5.41) is 21.5. The molecule has 2 aromatic rings. The topological polar surface area (TPSA) is 66.8 Å². The number of hydrogen-bond donors (Lipinski definition) is 2. The van der Waals surface area contributed by atoms with Crippen molar-refractivity contribution in [2.45, 2.75) is 83.7 Å². The second kappa shape index (κ2) is 10.8. The number of aliphatic hydroxyl groups excluding tert-OH is 1. The van der Waals surface area contributed by atoms with Crippen LogP contribution in [0.2, 0.25) is 0 Å². The Balaban J connectivity index is 1.29. The van der Waals surface area contributed by atoms with E-state index in [4.69, 9.17) is 4.74 Å². The average Bonchev–Trinajstić information content (AvgIpc) is 3.17. The van der Waals surface area contributed by atoms with E-state index in [-0.39, 0.29) is 16.6 Å². The summed E-state index contributed by atoms with van der Waals surface area (Å²) in [5.74, 6) is 3.83. The summed E-state index contributed by atoms with van der Waals surface area (Å²) in [6.45, 7) is 4.62. The summed E-state index contributed by atoms with van der Waals surface area (Å²) in [7, 11) is 0. The highest BCUT2D eigenvalue weighted by Crippen LogP contribution is 2.62. The number of carbonyl (C=O) groups excluding carboxylic acids is 1. The van der Waals surface area contributed by atoms with Gasteiger partial charge < -0.3 is 14.9 Å². The number of thioether (sulfide) groups is 1. The lowest BCUT2D eigenvalue weighted by molar-refractivity contribution is -0.109. The van der Waals surface area contributed by atoms with Gasteiger partial charge in [0.05, 0.1) is 12.7 Å². The number of phenolic OH excluding ortho intramolecular Hbond substituents is 1. The maximum absolute atomic E-state index is 11.0. The molecule has 5 rings (SSSR count). The Hall–Kier alpha value is -1.98. The summed E-state index contributed by atoms with van der Waals surface area (Å²) in [6, 6.07) is 12.3. The molecule has 0 spiro atoms. The van der Waals surface area contributed by atoms with E-state index in [1.54, 1.807) is 6.92 Å². The SMILES string of the molecule is CC(=O)SCCCCCOc1ccc(-c2cc(O)cc3c2[C@H]2CC[C@]4(C)C(O)CC[C@H]4[C@@H]2CC3)cc1. The third-order valence-electron chi connectivity index (χ3n) is 9.28. The minimum atomic E-state index is -0.156. The normalized spacial score (nSPS) is 28.8. The van der Waals surface area contributed by atoms with Gasteiger partial charge in [-0.05, 0) is 127 Å². The first-order chi connectivity index (χ1) is 17.4. The molecular formula is C31H40O4S. The maximum Gasteiger partial charge on any atom is 0.185 e. The lowest BCUT2D eigenvalue weighted by atomic mass is 9.55. The van der Waals surface area contributed by atoms with E-state index in [9.17, 15) is 15.0 Å². The van der Waals surface area contributed by atoms with Gasteiger partial charge in [-0.25, -0.2) is 0 Å². The van der Waals surface area contributed by atoms with Crippen molar-refractivity contribution in [3.05, 3.63) is 47.5 Å². The Labute approximate surface area is 219 Å². The summed E-state index contributed by atoms with van der Waals surface area (Å²) >= 11 is 1.40. The molecule has 3 aliphatic carbocycles. The van der Waals surface area contributed by atoms with E-state index in [1.807, 2.05) is 24.3 Å². The van der Waals surface area contributed by atoms with E-state index in [2.05, 4.69) is 19.1 Å². The molecule has 5 heteroatoms. The molecule has 0 heterocycles. The van der Waals surface area contributed by atoms with Crippen LogP contribution in [0.25, 0.3) is 11.1 Å². The van der Waals surface area contributed by atoms with Crippen LogP contribution in [0.5, 0.6) is 11.5 Å². The summed E-state index contributed by atoms with van der Waals surface area (Å²) in [5.41, 5.74) is 5.11. The molecule has 36 heavy (non-hydrogen) atoms. The summed E-state index contributed by atoms with van der Waals surface area (Å²) in [4.78, 5) is 11.0. The minimum absolute atomic E-state index is 0.0704. The van der Waals surface area contributed by atoms with Gasteiger partial charge in [0.1, 0.15) is 11.5 Å². The number of ether oxygens (including phenoxy) is 1. The fourth-order valence-electron chi connectivity index (χ4n) is 7.44. The van der Waals surface area contributed by atoms with Gasteiger partial charge in [-0.2, -0.15) is 0 Å². The average molecular weight is 509 g/mol. The van der Waals surface area contributed by atoms with E-state index in [1.165, 1.54) is 22.9 Å². The standard InChI is InChI=1S/C31H40O4S/c1-20(32)36-17-5-3-4-16-35-24-9-6-21(7-10-24)27-19-23(33)18-22-8-11-25-26(30(22)27)14-15-31(2)28(25)12-13-29(31)34/h6-7,9-10,18-19,25-26,28-29,33-34H,3-5,8,11-17H2,1-2H3/t25-,26+,28+,29?,31+/m1/s1. The van der Waals surface area contributed by atoms with Gasteiger partial charge >= 0.3 is 0 Å². The summed E-state index contributed by atoms with van der Waals surface area (Å²) < 4.78 is 5.97. The molecule has 0 bridgehead atoms. The molecule has 2 N–H and O–H groups in total. The molecule has 0 aromatic heterocycles. The Morgan fingerprint density at radius 1 is 1.08 bits per heavy atom. The van der Waals surface area contributed by atoms with Crippen molar-refractivity contribution < 1.29 is 19.7 Å². The smallest absolute Gasteiger partial charge is 0.185 e. The number of hydrogen-bond acceptors (Lipinski definition) is 5. The first-order valence-corrected chi connectivity index (χ1v) is 14.8. The minimum Gasteiger partial charge on any atom is -0.508 e. The van der Waals surface area contributed by atoms with Crippen molar-refractivity contribution >= 4 is 16.9 Å². The Morgan fingerprint density at radius 2 is 1.89 bits per heavy atom. The number of aliphatic hydroxyl groups is 1. The van der Waals surface area contributed by atoms with Gasteiger partial charge in [0.2, 0.25) is 0 Å². The van der Waals surface area contributed by atoms with Gasteiger partial charge in [-0.3, -0.25) is 4.79 Å². The van der Waals surface area contributed by atoms with E-state index < -0.39 is 0 Å². The molecule has 0 aliphatic heterocycles. The molecular weight excluding hydrogens is 468 g/mol. The van der Waals surface area contributed by atoms with Crippen molar-refractivity contribution in [3.8, 4) is 22.6 Å². The predicted molar refractivity (Wildman–Crippen MR) is 147 cm³/mol. The molecule has 2 saturated carbocycles. The number of aryl methyl sites for hydroxylation is 1. The highest BCUT2D eigenvalue weighted by Gasteiger charge is 2.54. The van der Waals surface area contributed by atoms with E-state index >= 15 is 0 Å². The van der Waals surface area contributed by atoms with E-state index in [0.29, 0.717) is 30.1 Å². The van der Waals surface area contributed by atoms with Gasteiger partial charge in [-0.15, -0.1) is 0 Å². The first-order valence-electron chi connectivity index (χ1n) is 13.8. The van der Waals surface area contributed by atoms with Gasteiger partial charge in [0, 0.05) is 12.7 Å². The molecule has 194 valence electrons. The van der Waals surface area contributed by atoms with Crippen LogP contribution in [0.1, 0.15) is 82.3 Å². The van der Waals surface area contributed by atoms with Crippen molar-refractivity contribution in [1.29, 1.82) is 0 Å². The number of fused-ring (bicyclic) bond motifs is 5. The fourth-order valence-corrected chi connectivity index (χ4v) is 8.08. The molecule has 3 aliphatic rings. The Kier molecular flexibility index (Phi) is 7.69. The molecule has 4 nitrogen and oxygen atoms in total. The lowest BCUT2D eigenvalue weighted by Crippen LogP contribution is -2.44. The molecule has 0 amide bonds. The summed E-state index contributed by atoms with van der Waals surface area (Å²) in [6.07, 6.45) is 9.38. The van der Waals surface area contributed by atoms with Crippen LogP contribution in [0, 0.1) is 17.3 Å². The highest BCUT2D eigenvalue weighted by molar-refractivity contribution is 8.13. The zero-order valence-corrected chi connectivity index (χ0v) is 22.5. The quantitative estimate of drug-likeness (QED) is 0.372. The van der Waals surface area contributed by atoms with Crippen molar-refractivity contribution in [1.82, 2.24) is 0 Å². The Morgan fingerprint density at radius 3 is 2.67 bits per heavy atom. The number of benzene rings is 2. The van der Waals surface area contributed by atoms with Gasteiger partial charge in [0.15, 0.2) is 5.12 Å². The Bertz CT molecular complexity index is 1080. The maximum atomic E-state index is 11.0. The molecule has 5 atom stereocenters. The molecule has 0 radical (unpaired) electrons. The van der Waals surface area contributed by atoms with Crippen molar-refractivity contribution in [3.63, 3.8) is 0 Å². The number of carbonyl (C=O) groups is 1. The second-order valence-electron chi connectivity index (χ2n) is 11.4. The third kappa shape index (κ3) is 5.06. The largest absolute Gasteiger partial charge is 0.508 e. The number of phenols is 1. The monoisotopic (exact) mass is 508 g/mol. The van der Waals surface area contributed by atoms with Crippen LogP contribution in [0.4, 0.5) is 0 Å². The zero-order valence-electron chi connectivity index (χ0n) is 21.7. The molecule has 0 saturated heterocycles. The van der Waals surface area contributed by atoms with Crippen LogP contribution < -0.4 is 4.74 Å². The first kappa shape index (κ1) is 25.7. The zero-order chi connectivity index (χ0) is 25.3. The second-order valence-corrected chi connectivity index (χ2v) is 12.7. The van der Waals surface area contributed by atoms with Crippen LogP contribution >= 0.6 is 11.8 Å². The van der Waals surface area contributed by atoms with Crippen molar-refractivity contribution in [2.24, 2.45) is 17.3 Å². The van der Waals surface area contributed by atoms with Crippen LogP contribution in [-0.4, -0.2) is 33.8 Å². The fraction of sp³-hybridized carbons (Fsp3) is 0.581. The van der Waals surface area contributed by atoms with Crippen molar-refractivity contribution in [2.75, 3.05) is 12.4 Å². The highest BCUT2D eigenvalue weighted by atomic mass is 32.2. The molecule has 2 fully saturated rings. The van der Waals surface area contributed by atoms with E-state index in [0.717, 1.165) is 80.4 Å². The number of unbranched alkanes of at least 4 members (excludes halogenated alkanes) is 2. The van der Waals surface area contributed by atoms with Crippen LogP contribution in [0.15, 0.2) is 36.4 Å². The predicted octanol–water partition coefficient (Wildman–Crippen LogP) is 7.11. The number of rotatable bonds is 8. The molecule has 1 unspecified atom stereocenters. The van der Waals surface area contributed by atoms with Gasteiger partial charge in [0.25, 0.3) is 0 Å². The van der Waals surface area contributed by atoms with Gasteiger partial charge in [-0.1, -0.05) is 30.8 Å². The third-order valence-corrected chi connectivity index (χ3v) is 10.2. The molecule has 2 aromatic carbocycles. The van der Waals surface area contributed by atoms with Crippen LogP contribution in [-0.2, 0) is 11.2 Å². The lowest BCUT2D eigenvalue weighted by Gasteiger charge is -2.50.